The molecule has 6 nitrogen and oxygen atoms in total. The number of carbonyl (C=O) groups is 3. The van der Waals surface area contributed by atoms with Crippen LogP contribution >= 0.6 is 11.8 Å². The first-order valence-electron chi connectivity index (χ1n) is 13.0. The summed E-state index contributed by atoms with van der Waals surface area (Å²) in [7, 11) is 0. The van der Waals surface area contributed by atoms with E-state index in [-0.39, 0.29) is 18.1 Å². The molecule has 3 aromatic rings. The second-order valence-electron chi connectivity index (χ2n) is 9.34. The predicted molar refractivity (Wildman–Crippen MR) is 154 cm³/mol. The summed E-state index contributed by atoms with van der Waals surface area (Å²) >= 11 is 1.59. The predicted octanol–water partition coefficient (Wildman–Crippen LogP) is 4.40. The minimum Gasteiger partial charge on any atom is -0.369 e. The second kappa shape index (κ2) is 13.9. The maximum absolute atomic E-state index is 13.2. The molecule has 2 amide bonds. The Morgan fingerprint density at radius 1 is 0.789 bits per heavy atom. The molecule has 0 aromatic heterocycles. The van der Waals surface area contributed by atoms with Crippen molar-refractivity contribution in [2.24, 2.45) is 17.4 Å². The third kappa shape index (κ3) is 6.91. The van der Waals surface area contributed by atoms with Gasteiger partial charge in [0.15, 0.2) is 5.78 Å². The number of hydrogen-bond acceptors (Lipinski definition) is 5. The molecular weight excluding hydrogens is 494 g/mol. The van der Waals surface area contributed by atoms with Crippen molar-refractivity contribution in [2.45, 2.75) is 49.9 Å². The Morgan fingerprint density at radius 3 is 1.61 bits per heavy atom. The standard InChI is InChI=1S/C31H37N3O3S/c1-3-26(32)30(37)34-27(4-2)28(35)20-22(29(33)36)21-38-31(23-14-8-5-9-15-23,24-16-10-6-11-17-24)25-18-12-7-13-19-25/h5-19,22,26-27H,3-4,20-21,32H2,1-2H3,(H2,33,36)(H,34,37)/t22-,26-,27-/m1/s1. The molecule has 0 saturated heterocycles. The number of carbonyl (C=O) groups excluding carboxylic acids is 3. The van der Waals surface area contributed by atoms with E-state index in [0.717, 1.165) is 16.7 Å². The smallest absolute Gasteiger partial charge is 0.237 e. The summed E-state index contributed by atoms with van der Waals surface area (Å²) in [4.78, 5) is 38.1. The molecule has 38 heavy (non-hydrogen) atoms. The number of thioether (sulfide) groups is 1. The van der Waals surface area contributed by atoms with Crippen molar-refractivity contribution in [3.63, 3.8) is 0 Å². The minimum absolute atomic E-state index is 0.0586. The highest BCUT2D eigenvalue weighted by atomic mass is 32.2. The van der Waals surface area contributed by atoms with Gasteiger partial charge in [0.1, 0.15) is 0 Å². The van der Waals surface area contributed by atoms with Crippen LogP contribution in [0.1, 0.15) is 49.8 Å². The zero-order valence-electron chi connectivity index (χ0n) is 22.0. The van der Waals surface area contributed by atoms with E-state index >= 15 is 0 Å². The molecule has 0 aliphatic rings. The van der Waals surface area contributed by atoms with Crippen molar-refractivity contribution in [1.82, 2.24) is 5.32 Å². The van der Waals surface area contributed by atoms with Crippen LogP contribution in [-0.4, -0.2) is 35.4 Å². The highest BCUT2D eigenvalue weighted by Gasteiger charge is 2.38. The van der Waals surface area contributed by atoms with Crippen LogP contribution in [-0.2, 0) is 19.1 Å². The molecule has 200 valence electrons. The molecule has 3 atom stereocenters. The van der Waals surface area contributed by atoms with Crippen LogP contribution in [0.15, 0.2) is 91.0 Å². The Balaban J connectivity index is 1.94. The van der Waals surface area contributed by atoms with Crippen molar-refractivity contribution in [2.75, 3.05) is 5.75 Å². The summed E-state index contributed by atoms with van der Waals surface area (Å²) in [6.07, 6.45) is 0.816. The number of primary amides is 1. The molecular formula is C31H37N3O3S. The lowest BCUT2D eigenvalue weighted by Gasteiger charge is -2.36. The van der Waals surface area contributed by atoms with E-state index in [1.807, 2.05) is 68.4 Å². The molecule has 7 heteroatoms. The quantitative estimate of drug-likeness (QED) is 0.267. The average molecular weight is 532 g/mol. The van der Waals surface area contributed by atoms with Gasteiger partial charge < -0.3 is 16.8 Å². The Hall–Kier alpha value is -3.42. The Labute approximate surface area is 229 Å². The lowest BCUT2D eigenvalue weighted by molar-refractivity contribution is -0.130. The number of nitrogens with two attached hydrogens (primary N) is 2. The van der Waals surface area contributed by atoms with Gasteiger partial charge in [0.25, 0.3) is 0 Å². The van der Waals surface area contributed by atoms with Crippen LogP contribution in [0, 0.1) is 5.92 Å². The lowest BCUT2D eigenvalue weighted by Crippen LogP contribution is -2.48. The van der Waals surface area contributed by atoms with Gasteiger partial charge in [-0.2, -0.15) is 0 Å². The molecule has 0 heterocycles. The number of Topliss-reactive ketones (excluding diaryl/α,β-unsaturated/α-hetero) is 1. The molecule has 3 rings (SSSR count). The Bertz CT molecular complexity index is 1090. The summed E-state index contributed by atoms with van der Waals surface area (Å²) < 4.78 is -0.632. The zero-order valence-corrected chi connectivity index (χ0v) is 22.8. The normalized spacial score (nSPS) is 13.8. The van der Waals surface area contributed by atoms with E-state index < -0.39 is 28.7 Å². The maximum atomic E-state index is 13.2. The van der Waals surface area contributed by atoms with Crippen molar-refractivity contribution in [3.05, 3.63) is 108 Å². The van der Waals surface area contributed by atoms with Gasteiger partial charge in [0, 0.05) is 12.2 Å². The molecule has 0 bridgehead atoms. The van der Waals surface area contributed by atoms with E-state index in [1.54, 1.807) is 11.8 Å². The summed E-state index contributed by atoms with van der Waals surface area (Å²) in [5.41, 5.74) is 14.8. The first kappa shape index (κ1) is 29.1. The highest BCUT2D eigenvalue weighted by molar-refractivity contribution is 8.00. The monoisotopic (exact) mass is 531 g/mol. The van der Waals surface area contributed by atoms with Gasteiger partial charge in [-0.15, -0.1) is 11.8 Å². The third-order valence-corrected chi connectivity index (χ3v) is 8.49. The maximum Gasteiger partial charge on any atom is 0.237 e. The topological polar surface area (TPSA) is 115 Å². The number of hydrogen-bond donors (Lipinski definition) is 3. The van der Waals surface area contributed by atoms with Crippen molar-refractivity contribution >= 4 is 29.4 Å². The third-order valence-electron chi connectivity index (χ3n) is 6.78. The Kier molecular flexibility index (Phi) is 10.7. The number of ketones is 1. The number of rotatable bonds is 14. The molecule has 0 aliphatic carbocycles. The summed E-state index contributed by atoms with van der Waals surface area (Å²) in [6, 6.07) is 29.0. The van der Waals surface area contributed by atoms with Crippen LogP contribution in [0.2, 0.25) is 0 Å². The van der Waals surface area contributed by atoms with E-state index in [0.29, 0.717) is 18.6 Å². The molecule has 0 aliphatic heterocycles. The zero-order chi connectivity index (χ0) is 27.5. The summed E-state index contributed by atoms with van der Waals surface area (Å²) in [5, 5.41) is 2.74. The van der Waals surface area contributed by atoms with Gasteiger partial charge in [-0.3, -0.25) is 14.4 Å². The minimum atomic E-state index is -0.714. The van der Waals surface area contributed by atoms with Crippen molar-refractivity contribution in [1.29, 1.82) is 0 Å². The lowest BCUT2D eigenvalue weighted by atomic mass is 9.84. The fourth-order valence-electron chi connectivity index (χ4n) is 4.50. The molecule has 0 radical (unpaired) electrons. The molecule has 3 aromatic carbocycles. The van der Waals surface area contributed by atoms with Crippen LogP contribution in [0.5, 0.6) is 0 Å². The first-order chi connectivity index (χ1) is 18.3. The van der Waals surface area contributed by atoms with Gasteiger partial charge in [0.05, 0.1) is 22.7 Å². The van der Waals surface area contributed by atoms with Crippen molar-refractivity contribution < 1.29 is 14.4 Å². The van der Waals surface area contributed by atoms with Crippen LogP contribution < -0.4 is 16.8 Å². The van der Waals surface area contributed by atoms with Crippen LogP contribution in [0.3, 0.4) is 0 Å². The van der Waals surface area contributed by atoms with E-state index in [4.69, 9.17) is 11.5 Å². The SMILES string of the molecule is CC[C@@H](N)C(=O)N[C@H](CC)C(=O)C[C@H](CSC(c1ccccc1)(c1ccccc1)c1ccccc1)C(N)=O. The van der Waals surface area contributed by atoms with Gasteiger partial charge >= 0.3 is 0 Å². The summed E-state index contributed by atoms with van der Waals surface area (Å²) in [5.74, 6) is -1.53. The number of amides is 2. The van der Waals surface area contributed by atoms with Crippen molar-refractivity contribution in [3.8, 4) is 0 Å². The molecule has 0 spiro atoms. The van der Waals surface area contributed by atoms with E-state index in [1.165, 1.54) is 0 Å². The van der Waals surface area contributed by atoms with E-state index in [9.17, 15) is 14.4 Å². The Morgan fingerprint density at radius 2 is 1.24 bits per heavy atom. The van der Waals surface area contributed by atoms with Crippen LogP contribution in [0.25, 0.3) is 0 Å². The molecule has 0 unspecified atom stereocenters. The van der Waals surface area contributed by atoms with Crippen LogP contribution in [0.4, 0.5) is 0 Å². The fourth-order valence-corrected chi connectivity index (χ4v) is 6.14. The first-order valence-corrected chi connectivity index (χ1v) is 14.0. The molecule has 0 saturated carbocycles. The molecule has 0 fully saturated rings. The molecule has 5 N–H and O–H groups in total. The average Bonchev–Trinajstić information content (AvgIpc) is 2.96. The highest BCUT2D eigenvalue weighted by Crippen LogP contribution is 2.49. The summed E-state index contributed by atoms with van der Waals surface area (Å²) in [6.45, 7) is 3.63. The van der Waals surface area contributed by atoms with Gasteiger partial charge in [-0.1, -0.05) is 105 Å². The fraction of sp³-hybridized carbons (Fsp3) is 0.323. The van der Waals surface area contributed by atoms with E-state index in [2.05, 4.69) is 41.7 Å². The number of nitrogens with one attached hydrogen (secondary N) is 1. The largest absolute Gasteiger partial charge is 0.369 e. The van der Waals surface area contributed by atoms with Gasteiger partial charge in [-0.05, 0) is 29.5 Å². The van der Waals surface area contributed by atoms with Gasteiger partial charge in [-0.25, -0.2) is 0 Å². The second-order valence-corrected chi connectivity index (χ2v) is 10.6. The number of benzene rings is 3. The van der Waals surface area contributed by atoms with Gasteiger partial charge in [0.2, 0.25) is 11.8 Å².